The number of likely N-dealkylation sites (tertiary alicyclic amines) is 2. The highest BCUT2D eigenvalue weighted by molar-refractivity contribution is 6.64. The van der Waals surface area contributed by atoms with Gasteiger partial charge in [-0.15, -0.1) is 0 Å². The van der Waals surface area contributed by atoms with Crippen LogP contribution in [-0.2, 0) is 0 Å². The largest absolute Gasteiger partial charge is 0.465 e. The van der Waals surface area contributed by atoms with Crippen molar-refractivity contribution in [2.24, 2.45) is 10.6 Å². The fourth-order valence-corrected chi connectivity index (χ4v) is 2.18. The van der Waals surface area contributed by atoms with Gasteiger partial charge in [0.05, 0.1) is 0 Å². The molecule has 2 rings (SSSR count). The monoisotopic (exact) mass is 219 g/mol. The molecule has 7 heteroatoms. The average Bonchev–Trinajstić information content (AvgIpc) is 1.98. The minimum atomic E-state index is -0.879. The number of rotatable bonds is 0. The Morgan fingerprint density at radius 2 is 1.79 bits per heavy atom. The summed E-state index contributed by atoms with van der Waals surface area (Å²) in [6, 6.07) is 0. The van der Waals surface area contributed by atoms with E-state index >= 15 is 0 Å². The zero-order valence-corrected chi connectivity index (χ0v) is 8.11. The molecule has 0 atom stereocenters. The molecular weight excluding hydrogens is 210 g/mol. The van der Waals surface area contributed by atoms with Gasteiger partial charge < -0.3 is 20.1 Å². The summed E-state index contributed by atoms with van der Waals surface area (Å²) in [5.41, 5.74) is 0.0449. The van der Waals surface area contributed by atoms with Crippen molar-refractivity contribution in [3.63, 3.8) is 0 Å². The van der Waals surface area contributed by atoms with E-state index in [4.69, 9.17) is 21.9 Å². The lowest BCUT2D eigenvalue weighted by atomic mass is 9.73. The zero-order chi connectivity index (χ0) is 10.3. The molecule has 6 nitrogen and oxygen atoms in total. The molecule has 0 aromatic rings. The Kier molecular flexibility index (Phi) is 1.95. The molecule has 0 aliphatic carbocycles. The first kappa shape index (κ1) is 9.39. The second-order valence-electron chi connectivity index (χ2n) is 3.86. The Hall–Kier alpha value is -1.17. The van der Waals surface area contributed by atoms with E-state index in [0.717, 1.165) is 0 Å². The molecule has 14 heavy (non-hydrogen) atoms. The number of nitrogens with zero attached hydrogens (tertiary/aromatic N) is 3. The van der Waals surface area contributed by atoms with E-state index in [9.17, 15) is 4.79 Å². The fourth-order valence-electron chi connectivity index (χ4n) is 2.06. The van der Waals surface area contributed by atoms with Gasteiger partial charge in [0.15, 0.2) is 0 Å². The minimum absolute atomic E-state index is 0.0449. The van der Waals surface area contributed by atoms with Crippen LogP contribution in [0.1, 0.15) is 0 Å². The lowest BCUT2D eigenvalue weighted by Gasteiger charge is -2.59. The predicted molar refractivity (Wildman–Crippen MR) is 48.7 cm³/mol. The van der Waals surface area contributed by atoms with Crippen LogP contribution in [0.4, 0.5) is 4.79 Å². The molecule has 2 saturated heterocycles. The lowest BCUT2D eigenvalue weighted by Crippen LogP contribution is -2.73. The van der Waals surface area contributed by atoms with E-state index in [0.29, 0.717) is 26.2 Å². The van der Waals surface area contributed by atoms with Crippen LogP contribution in [-0.4, -0.2) is 57.7 Å². The van der Waals surface area contributed by atoms with Crippen LogP contribution in [0.5, 0.6) is 0 Å². The molecule has 2 aliphatic rings. The smallest absolute Gasteiger partial charge is 0.407 e. The number of amides is 1. The molecule has 2 fully saturated rings. The van der Waals surface area contributed by atoms with Gasteiger partial charge >= 0.3 is 6.09 Å². The van der Waals surface area contributed by atoms with Crippen LogP contribution >= 0.6 is 11.6 Å². The number of hydrogen-bond acceptors (Lipinski definition) is 3. The van der Waals surface area contributed by atoms with E-state index in [1.165, 1.54) is 4.90 Å². The average molecular weight is 220 g/mol. The van der Waals surface area contributed by atoms with Gasteiger partial charge in [-0.05, 0) is 11.6 Å². The maximum absolute atomic E-state index is 10.5. The molecule has 78 valence electrons. The zero-order valence-electron chi connectivity index (χ0n) is 7.35. The van der Waals surface area contributed by atoms with E-state index < -0.39 is 6.09 Å². The number of halogens is 1. The van der Waals surface area contributed by atoms with Crippen molar-refractivity contribution in [1.82, 2.24) is 9.80 Å². The molecule has 0 radical (unpaired) electrons. The van der Waals surface area contributed by atoms with E-state index in [1.54, 1.807) is 4.90 Å². The molecule has 2 heterocycles. The third kappa shape index (κ3) is 1.26. The van der Waals surface area contributed by atoms with Gasteiger partial charge in [-0.1, -0.05) is 5.16 Å². The Balaban J connectivity index is 1.82. The highest BCUT2D eigenvalue weighted by Gasteiger charge is 2.54. The van der Waals surface area contributed by atoms with Gasteiger partial charge in [0.25, 0.3) is 0 Å². The Morgan fingerprint density at radius 1 is 1.29 bits per heavy atom. The van der Waals surface area contributed by atoms with Gasteiger partial charge in [0.1, 0.15) is 0 Å². The second kappa shape index (κ2) is 2.91. The van der Waals surface area contributed by atoms with Crippen LogP contribution in [0.2, 0.25) is 0 Å². The summed E-state index contributed by atoms with van der Waals surface area (Å²) in [5.74, 6) is 0. The van der Waals surface area contributed by atoms with Crippen LogP contribution in [0.3, 0.4) is 0 Å². The molecule has 0 bridgehead atoms. The number of amidine groups is 1. The van der Waals surface area contributed by atoms with E-state index in [-0.39, 0.29) is 10.7 Å². The molecule has 2 aliphatic heterocycles. The number of carbonyl (C=O) groups is 1. The SMILES string of the molecule is O=C(O)N1CC2(C1)CN(C(Cl)=NO)C2. The molecule has 0 aromatic heterocycles. The first-order valence-corrected chi connectivity index (χ1v) is 4.54. The highest BCUT2D eigenvalue weighted by atomic mass is 35.5. The Labute approximate surface area is 85.3 Å². The van der Waals surface area contributed by atoms with Crippen LogP contribution in [0, 0.1) is 5.41 Å². The van der Waals surface area contributed by atoms with Crippen molar-refractivity contribution in [3.05, 3.63) is 0 Å². The lowest BCUT2D eigenvalue weighted by molar-refractivity contribution is -0.0721. The van der Waals surface area contributed by atoms with Crippen molar-refractivity contribution in [2.75, 3.05) is 26.2 Å². The van der Waals surface area contributed by atoms with Gasteiger partial charge in [0, 0.05) is 31.6 Å². The van der Waals surface area contributed by atoms with Crippen molar-refractivity contribution in [3.8, 4) is 0 Å². The molecule has 1 spiro atoms. The van der Waals surface area contributed by atoms with Gasteiger partial charge in [-0.25, -0.2) is 4.79 Å². The van der Waals surface area contributed by atoms with Crippen molar-refractivity contribution in [2.45, 2.75) is 0 Å². The van der Waals surface area contributed by atoms with Gasteiger partial charge in [-0.3, -0.25) is 0 Å². The normalized spacial score (nSPS) is 24.5. The predicted octanol–water partition coefficient (Wildman–Crippen LogP) is 0.266. The van der Waals surface area contributed by atoms with Gasteiger partial charge in [-0.2, -0.15) is 0 Å². The molecule has 2 N–H and O–H groups in total. The molecule has 0 saturated carbocycles. The van der Waals surface area contributed by atoms with Crippen molar-refractivity contribution in [1.29, 1.82) is 0 Å². The number of hydrogen-bond donors (Lipinski definition) is 2. The summed E-state index contributed by atoms with van der Waals surface area (Å²) < 4.78 is 0. The summed E-state index contributed by atoms with van der Waals surface area (Å²) >= 11 is 5.57. The maximum Gasteiger partial charge on any atom is 0.407 e. The Bertz CT molecular complexity index is 293. The summed E-state index contributed by atoms with van der Waals surface area (Å²) in [7, 11) is 0. The van der Waals surface area contributed by atoms with Crippen LogP contribution in [0.15, 0.2) is 5.16 Å². The summed E-state index contributed by atoms with van der Waals surface area (Å²) in [6.45, 7) is 2.43. The molecule has 0 aromatic carbocycles. The fraction of sp³-hybridized carbons (Fsp3) is 0.714. The first-order valence-electron chi connectivity index (χ1n) is 4.17. The highest BCUT2D eigenvalue weighted by Crippen LogP contribution is 2.39. The summed E-state index contributed by atoms with van der Waals surface area (Å²) in [6.07, 6.45) is -0.879. The summed E-state index contributed by atoms with van der Waals surface area (Å²) in [4.78, 5) is 13.6. The van der Waals surface area contributed by atoms with Crippen molar-refractivity contribution < 1.29 is 15.1 Å². The molecular formula is C7H10ClN3O3. The second-order valence-corrected chi connectivity index (χ2v) is 4.20. The molecule has 1 amide bonds. The molecule has 0 unspecified atom stereocenters. The minimum Gasteiger partial charge on any atom is -0.465 e. The van der Waals surface area contributed by atoms with Gasteiger partial charge in [0.2, 0.25) is 5.29 Å². The van der Waals surface area contributed by atoms with E-state index in [1.807, 2.05) is 0 Å². The van der Waals surface area contributed by atoms with E-state index in [2.05, 4.69) is 5.16 Å². The first-order chi connectivity index (χ1) is 6.56. The number of carboxylic acid groups (broad SMARTS) is 1. The summed E-state index contributed by atoms with van der Waals surface area (Å²) in [5, 5.41) is 20.0. The quantitative estimate of drug-likeness (QED) is 0.202. The van der Waals surface area contributed by atoms with Crippen LogP contribution in [0.25, 0.3) is 0 Å². The maximum atomic E-state index is 10.5. The number of oxime groups is 1. The third-order valence-corrected chi connectivity index (χ3v) is 3.03. The third-order valence-electron chi connectivity index (χ3n) is 2.72. The Morgan fingerprint density at radius 3 is 2.21 bits per heavy atom. The van der Waals surface area contributed by atoms with Crippen molar-refractivity contribution >= 4 is 23.0 Å². The standard InChI is InChI=1S/C7H10ClN3O3/c8-5(9-14)10-1-7(2-10)3-11(4-7)6(12)13/h14H,1-4H2,(H,12,13). The topological polar surface area (TPSA) is 76.4 Å². The van der Waals surface area contributed by atoms with Crippen LogP contribution < -0.4 is 0 Å².